The molecule has 1 atom stereocenters. The molecule has 0 aliphatic carbocycles. The number of H-pyrrole nitrogens is 1. The first-order valence-electron chi connectivity index (χ1n) is 13.9. The Balaban J connectivity index is 1.69. The highest BCUT2D eigenvalue weighted by Crippen LogP contribution is 2.34. The molecule has 0 bridgehead atoms. The second-order valence-corrected chi connectivity index (χ2v) is 11.5. The van der Waals surface area contributed by atoms with Gasteiger partial charge >= 0.3 is 11.0 Å². The van der Waals surface area contributed by atoms with Gasteiger partial charge in [-0.25, -0.2) is 4.79 Å². The van der Waals surface area contributed by atoms with Crippen molar-refractivity contribution in [1.82, 2.24) is 14.8 Å². The molecule has 0 fully saturated rings. The van der Waals surface area contributed by atoms with E-state index in [4.69, 9.17) is 38.4 Å². The summed E-state index contributed by atoms with van der Waals surface area (Å²) >= 11 is 13.4. The molecular formula is C29H38Cl2N4O6S. The lowest BCUT2D eigenvalue weighted by molar-refractivity contribution is -0.132. The van der Waals surface area contributed by atoms with Crippen molar-refractivity contribution in [3.8, 4) is 5.75 Å². The number of carbonyl (C=O) groups is 2. The Bertz CT molecular complexity index is 1370. The first-order chi connectivity index (χ1) is 20.1. The second kappa shape index (κ2) is 16.7. The van der Waals surface area contributed by atoms with E-state index in [2.05, 4.69) is 23.7 Å². The van der Waals surface area contributed by atoms with Crippen LogP contribution < -0.4 is 10.6 Å². The van der Waals surface area contributed by atoms with Gasteiger partial charge in [-0.05, 0) is 55.3 Å². The summed E-state index contributed by atoms with van der Waals surface area (Å²) in [4.78, 5) is 43.2. The van der Waals surface area contributed by atoms with Gasteiger partial charge < -0.3 is 35.1 Å². The Morgan fingerprint density at radius 1 is 1.07 bits per heavy atom. The molecule has 3 rings (SSSR count). The van der Waals surface area contributed by atoms with Crippen LogP contribution in [0.15, 0.2) is 35.1 Å². The summed E-state index contributed by atoms with van der Waals surface area (Å²) in [6.07, 6.45) is 0.253. The van der Waals surface area contributed by atoms with Crippen LogP contribution in [0.1, 0.15) is 43.7 Å². The maximum absolute atomic E-state index is 13.4. The van der Waals surface area contributed by atoms with Crippen molar-refractivity contribution in [2.45, 2.75) is 39.0 Å². The number of hydrogen-bond donors (Lipinski definition) is 3. The molecule has 4 N–H and O–H groups in total. The third-order valence-electron chi connectivity index (χ3n) is 7.15. The zero-order valence-corrected chi connectivity index (χ0v) is 26.2. The first kappa shape index (κ1) is 33.7. The number of rotatable bonds is 17. The number of halogens is 2. The number of hydrogen-bond acceptors (Lipinski definition) is 8. The van der Waals surface area contributed by atoms with E-state index in [0.717, 1.165) is 35.6 Å². The predicted octanol–water partition coefficient (Wildman–Crippen LogP) is 4.99. The summed E-state index contributed by atoms with van der Waals surface area (Å²) in [6, 6.07) is 8.55. The highest BCUT2D eigenvalue weighted by molar-refractivity contribution is 7.16. The number of nitrogens with zero attached hydrogens (tertiary/aromatic N) is 2. The Labute approximate surface area is 259 Å². The number of likely N-dealkylation sites (N-methyl/N-ethyl adjacent to an activating group) is 1. The minimum absolute atomic E-state index is 0.0346. The topological polar surface area (TPSA) is 138 Å². The first-order valence-corrected chi connectivity index (χ1v) is 15.5. The van der Waals surface area contributed by atoms with Crippen molar-refractivity contribution in [3.63, 3.8) is 0 Å². The highest BCUT2D eigenvalue weighted by atomic mass is 35.5. The van der Waals surface area contributed by atoms with Crippen molar-refractivity contribution in [2.75, 3.05) is 52.5 Å². The number of thiazole rings is 1. The maximum atomic E-state index is 13.4. The molecule has 3 aromatic rings. The van der Waals surface area contributed by atoms with Gasteiger partial charge in [0.15, 0.2) is 0 Å². The number of nitrogens with one attached hydrogen (secondary N) is 1. The van der Waals surface area contributed by atoms with E-state index in [1.165, 1.54) is 6.07 Å². The molecule has 2 amide bonds. The SMILES string of the molecule is CCN(CC)CCN(CCC(COC(N)=O)c1ccc(O)c2[nH]c(=O)sc12)C(=O)CCOCCc1c(Cl)cccc1Cl. The molecule has 0 radical (unpaired) electrons. The number of nitrogens with two attached hydrogens (primary N) is 1. The van der Waals surface area contributed by atoms with Gasteiger partial charge in [0.1, 0.15) is 17.9 Å². The number of aromatic hydroxyl groups is 1. The van der Waals surface area contributed by atoms with Gasteiger partial charge in [0.2, 0.25) is 5.91 Å². The van der Waals surface area contributed by atoms with Crippen LogP contribution in [0.4, 0.5) is 4.79 Å². The standard InChI is InChI=1S/C29H38Cl2N4O6S/c1-3-34(4-2)14-15-35(25(37)12-17-40-16-11-21-22(30)6-5-7-23(21)31)13-10-19(18-41-28(32)38)20-8-9-24(36)26-27(20)42-29(39)33-26/h5-9,19,36H,3-4,10-18H2,1-2H3,(H2,32,38)(H,33,39). The molecule has 1 heterocycles. The predicted molar refractivity (Wildman–Crippen MR) is 167 cm³/mol. The van der Waals surface area contributed by atoms with Crippen molar-refractivity contribution < 1.29 is 24.2 Å². The molecule has 13 heteroatoms. The average Bonchev–Trinajstić information content (AvgIpc) is 3.36. The monoisotopic (exact) mass is 640 g/mol. The number of phenols is 1. The van der Waals surface area contributed by atoms with E-state index < -0.39 is 6.09 Å². The number of carbonyl (C=O) groups excluding carboxylic acids is 2. The van der Waals surface area contributed by atoms with Crippen LogP contribution in [0.25, 0.3) is 10.2 Å². The molecule has 0 spiro atoms. The molecule has 2 aromatic carbocycles. The lowest BCUT2D eigenvalue weighted by atomic mass is 9.95. The third kappa shape index (κ3) is 9.60. The van der Waals surface area contributed by atoms with Gasteiger partial charge in [-0.1, -0.05) is 60.5 Å². The van der Waals surface area contributed by atoms with Gasteiger partial charge in [-0.2, -0.15) is 0 Å². The maximum Gasteiger partial charge on any atom is 0.404 e. The molecule has 1 aromatic heterocycles. The summed E-state index contributed by atoms with van der Waals surface area (Å²) in [5.41, 5.74) is 7.13. The van der Waals surface area contributed by atoms with E-state index in [-0.39, 0.29) is 42.1 Å². The summed E-state index contributed by atoms with van der Waals surface area (Å²) in [6.45, 7) is 8.05. The summed E-state index contributed by atoms with van der Waals surface area (Å²) in [5, 5.41) is 11.4. The van der Waals surface area contributed by atoms with E-state index in [9.17, 15) is 19.5 Å². The molecule has 0 aliphatic heterocycles. The van der Waals surface area contributed by atoms with Crippen LogP contribution in [0.2, 0.25) is 10.0 Å². The zero-order chi connectivity index (χ0) is 30.6. The van der Waals surface area contributed by atoms with Crippen LogP contribution in [-0.2, 0) is 20.7 Å². The van der Waals surface area contributed by atoms with E-state index in [1.807, 2.05) is 0 Å². The van der Waals surface area contributed by atoms with E-state index in [0.29, 0.717) is 59.3 Å². The Morgan fingerprint density at radius 3 is 2.45 bits per heavy atom. The molecule has 10 nitrogen and oxygen atoms in total. The number of phenolic OH excluding ortho intramolecular Hbond substituents is 1. The molecule has 0 saturated heterocycles. The number of aromatic amines is 1. The fourth-order valence-corrected chi connectivity index (χ4v) is 6.25. The fraction of sp³-hybridized carbons (Fsp3) is 0.483. The summed E-state index contributed by atoms with van der Waals surface area (Å²) < 4.78 is 11.5. The van der Waals surface area contributed by atoms with Crippen LogP contribution >= 0.6 is 34.5 Å². The second-order valence-electron chi connectivity index (χ2n) is 9.73. The lowest BCUT2D eigenvalue weighted by Gasteiger charge is -2.28. The number of primary amides is 1. The Morgan fingerprint density at radius 2 is 1.79 bits per heavy atom. The van der Waals surface area contributed by atoms with Crippen LogP contribution in [0, 0.1) is 0 Å². The molecule has 0 saturated carbocycles. The van der Waals surface area contributed by atoms with Crippen molar-refractivity contribution in [3.05, 3.63) is 61.2 Å². The number of ether oxygens (including phenoxy) is 2. The Hall–Kier alpha value is -2.83. The van der Waals surface area contributed by atoms with E-state index in [1.54, 1.807) is 29.2 Å². The zero-order valence-electron chi connectivity index (χ0n) is 23.9. The molecule has 0 aliphatic rings. The van der Waals surface area contributed by atoms with Gasteiger partial charge in [0.25, 0.3) is 0 Å². The van der Waals surface area contributed by atoms with Crippen molar-refractivity contribution >= 4 is 56.8 Å². The summed E-state index contributed by atoms with van der Waals surface area (Å²) in [5.74, 6) is -0.475. The number of aromatic nitrogens is 1. The van der Waals surface area contributed by atoms with Crippen molar-refractivity contribution in [1.29, 1.82) is 0 Å². The fourth-order valence-electron chi connectivity index (χ4n) is 4.71. The normalized spacial score (nSPS) is 12.1. The number of amides is 2. The van der Waals surface area contributed by atoms with Gasteiger partial charge in [0, 0.05) is 35.6 Å². The number of fused-ring (bicyclic) bond motifs is 1. The molecule has 42 heavy (non-hydrogen) atoms. The van der Waals surface area contributed by atoms with Gasteiger partial charge in [-0.15, -0.1) is 0 Å². The van der Waals surface area contributed by atoms with Crippen LogP contribution in [-0.4, -0.2) is 84.4 Å². The minimum atomic E-state index is -0.915. The van der Waals surface area contributed by atoms with Crippen molar-refractivity contribution in [2.24, 2.45) is 5.73 Å². The molecule has 1 unspecified atom stereocenters. The highest BCUT2D eigenvalue weighted by Gasteiger charge is 2.23. The molecular weight excluding hydrogens is 603 g/mol. The minimum Gasteiger partial charge on any atom is -0.506 e. The Kier molecular flexibility index (Phi) is 13.4. The smallest absolute Gasteiger partial charge is 0.404 e. The van der Waals surface area contributed by atoms with Gasteiger partial charge in [-0.3, -0.25) is 9.59 Å². The quantitative estimate of drug-likeness (QED) is 0.177. The molecule has 230 valence electrons. The van der Waals surface area contributed by atoms with Crippen LogP contribution in [0.3, 0.4) is 0 Å². The van der Waals surface area contributed by atoms with Gasteiger partial charge in [0.05, 0.1) is 24.3 Å². The average molecular weight is 642 g/mol. The van der Waals surface area contributed by atoms with E-state index >= 15 is 0 Å². The third-order valence-corrected chi connectivity index (χ3v) is 8.79. The summed E-state index contributed by atoms with van der Waals surface area (Å²) in [7, 11) is 0. The lowest BCUT2D eigenvalue weighted by Crippen LogP contribution is -2.40. The largest absolute Gasteiger partial charge is 0.506 e. The van der Waals surface area contributed by atoms with Crippen LogP contribution in [0.5, 0.6) is 5.75 Å². The number of benzene rings is 2.